The Labute approximate surface area is 79.7 Å². The highest BCUT2D eigenvalue weighted by atomic mass is 16.5. The van der Waals surface area contributed by atoms with E-state index >= 15 is 0 Å². The predicted molar refractivity (Wildman–Crippen MR) is 51.2 cm³/mol. The van der Waals surface area contributed by atoms with Gasteiger partial charge in [0.05, 0.1) is 24.0 Å². The summed E-state index contributed by atoms with van der Waals surface area (Å²) < 4.78 is 10.1. The van der Waals surface area contributed by atoms with Crippen molar-refractivity contribution in [3.8, 4) is 0 Å². The second-order valence-electron chi connectivity index (χ2n) is 4.02. The van der Waals surface area contributed by atoms with Crippen molar-refractivity contribution in [2.45, 2.75) is 46.3 Å². The molecule has 0 aliphatic rings. The highest BCUT2D eigenvalue weighted by molar-refractivity contribution is 5.81. The lowest BCUT2D eigenvalue weighted by atomic mass is 10.2. The van der Waals surface area contributed by atoms with Gasteiger partial charge in [0.1, 0.15) is 0 Å². The molecule has 76 valence electrons. The minimum Gasteiger partial charge on any atom is -0.495 e. The Balaban J connectivity index is 3.79. The summed E-state index contributed by atoms with van der Waals surface area (Å²) in [7, 11) is 0. The molecule has 0 amide bonds. The Morgan fingerprint density at radius 3 is 2.23 bits per heavy atom. The standard InChI is InChI=1S/C10H18O3/c1-8(2)13-9(11)6-7-12-10(3,4)5/h6-8H,1-5H3/b7-6+. The molecule has 3 heteroatoms. The SMILES string of the molecule is CC(C)OC(=O)/C=C/OC(C)(C)C. The van der Waals surface area contributed by atoms with Crippen molar-refractivity contribution in [3.05, 3.63) is 12.3 Å². The third-order valence-corrected chi connectivity index (χ3v) is 0.978. The Morgan fingerprint density at radius 1 is 1.31 bits per heavy atom. The first kappa shape index (κ1) is 12.0. The first-order chi connectivity index (χ1) is 5.81. The van der Waals surface area contributed by atoms with Crippen LogP contribution in [0.25, 0.3) is 0 Å². The van der Waals surface area contributed by atoms with Gasteiger partial charge in [0.25, 0.3) is 0 Å². The number of esters is 1. The Morgan fingerprint density at radius 2 is 1.85 bits per heavy atom. The Bertz CT molecular complexity index is 187. The van der Waals surface area contributed by atoms with Crippen molar-refractivity contribution in [2.24, 2.45) is 0 Å². The van der Waals surface area contributed by atoms with Gasteiger partial charge in [0, 0.05) is 0 Å². The van der Waals surface area contributed by atoms with Crippen LogP contribution in [0.1, 0.15) is 34.6 Å². The maximum absolute atomic E-state index is 11.0. The van der Waals surface area contributed by atoms with Crippen LogP contribution in [-0.4, -0.2) is 17.7 Å². The zero-order valence-corrected chi connectivity index (χ0v) is 8.96. The number of hydrogen-bond donors (Lipinski definition) is 0. The second-order valence-corrected chi connectivity index (χ2v) is 4.02. The Kier molecular flexibility index (Phi) is 4.52. The lowest BCUT2D eigenvalue weighted by Crippen LogP contribution is -2.16. The van der Waals surface area contributed by atoms with E-state index < -0.39 is 0 Å². The fourth-order valence-corrected chi connectivity index (χ4v) is 0.565. The summed E-state index contributed by atoms with van der Waals surface area (Å²) in [6.45, 7) is 9.33. The van der Waals surface area contributed by atoms with E-state index in [1.54, 1.807) is 13.8 Å². The number of carbonyl (C=O) groups excluding carboxylic acids is 1. The van der Waals surface area contributed by atoms with Crippen molar-refractivity contribution < 1.29 is 14.3 Å². The summed E-state index contributed by atoms with van der Waals surface area (Å²) in [4.78, 5) is 11.0. The predicted octanol–water partition coefficient (Wildman–Crippen LogP) is 2.27. The Hall–Kier alpha value is -0.990. The van der Waals surface area contributed by atoms with Crippen LogP contribution in [0.3, 0.4) is 0 Å². The number of ether oxygens (including phenoxy) is 2. The molecule has 0 rings (SSSR count). The molecule has 0 bridgehead atoms. The molecule has 0 N–H and O–H groups in total. The van der Waals surface area contributed by atoms with Crippen LogP contribution in [0.5, 0.6) is 0 Å². The van der Waals surface area contributed by atoms with Crippen LogP contribution in [0.2, 0.25) is 0 Å². The molecule has 0 aromatic carbocycles. The van der Waals surface area contributed by atoms with Gasteiger partial charge in [-0.25, -0.2) is 4.79 Å². The fourth-order valence-electron chi connectivity index (χ4n) is 0.565. The molecule has 0 heterocycles. The largest absolute Gasteiger partial charge is 0.495 e. The van der Waals surface area contributed by atoms with Crippen molar-refractivity contribution in [1.29, 1.82) is 0 Å². The first-order valence-electron chi connectivity index (χ1n) is 4.36. The van der Waals surface area contributed by atoms with Crippen LogP contribution in [0.4, 0.5) is 0 Å². The first-order valence-corrected chi connectivity index (χ1v) is 4.36. The monoisotopic (exact) mass is 186 g/mol. The maximum atomic E-state index is 11.0. The summed E-state index contributed by atoms with van der Waals surface area (Å²) in [5.74, 6) is -0.376. The molecule has 0 aromatic heterocycles. The van der Waals surface area contributed by atoms with Crippen molar-refractivity contribution >= 4 is 5.97 Å². The van der Waals surface area contributed by atoms with Crippen LogP contribution >= 0.6 is 0 Å². The molecule has 0 saturated heterocycles. The summed E-state index contributed by atoms with van der Waals surface area (Å²) in [5, 5.41) is 0. The van der Waals surface area contributed by atoms with Crippen molar-refractivity contribution in [2.75, 3.05) is 0 Å². The van der Waals surface area contributed by atoms with E-state index in [-0.39, 0.29) is 17.7 Å². The average molecular weight is 186 g/mol. The minimum absolute atomic E-state index is 0.0909. The van der Waals surface area contributed by atoms with E-state index in [0.717, 1.165) is 0 Å². The summed E-state index contributed by atoms with van der Waals surface area (Å²) >= 11 is 0. The normalized spacial score (nSPS) is 12.2. The molecule has 0 radical (unpaired) electrons. The number of hydrogen-bond acceptors (Lipinski definition) is 3. The van der Waals surface area contributed by atoms with Gasteiger partial charge in [-0.2, -0.15) is 0 Å². The smallest absolute Gasteiger partial charge is 0.334 e. The van der Waals surface area contributed by atoms with E-state index in [4.69, 9.17) is 9.47 Å². The second kappa shape index (κ2) is 4.90. The summed E-state index contributed by atoms with van der Waals surface area (Å²) in [6, 6.07) is 0. The molecule has 13 heavy (non-hydrogen) atoms. The van der Waals surface area contributed by atoms with E-state index in [9.17, 15) is 4.79 Å². The fraction of sp³-hybridized carbons (Fsp3) is 0.700. The molecular formula is C10H18O3. The van der Waals surface area contributed by atoms with E-state index in [0.29, 0.717) is 0 Å². The zero-order valence-electron chi connectivity index (χ0n) is 8.96. The number of carbonyl (C=O) groups is 1. The minimum atomic E-state index is -0.376. The van der Waals surface area contributed by atoms with E-state index in [1.165, 1.54) is 12.3 Å². The van der Waals surface area contributed by atoms with Gasteiger partial charge >= 0.3 is 5.97 Å². The van der Waals surface area contributed by atoms with Crippen LogP contribution in [-0.2, 0) is 14.3 Å². The van der Waals surface area contributed by atoms with Crippen LogP contribution in [0.15, 0.2) is 12.3 Å². The lowest BCUT2D eigenvalue weighted by molar-refractivity contribution is -0.141. The average Bonchev–Trinajstić information content (AvgIpc) is 1.81. The highest BCUT2D eigenvalue weighted by Crippen LogP contribution is 2.06. The molecule has 0 spiro atoms. The van der Waals surface area contributed by atoms with E-state index in [1.807, 2.05) is 20.8 Å². The topological polar surface area (TPSA) is 35.5 Å². The molecule has 0 atom stereocenters. The van der Waals surface area contributed by atoms with Crippen molar-refractivity contribution in [3.63, 3.8) is 0 Å². The van der Waals surface area contributed by atoms with Gasteiger partial charge in [0.2, 0.25) is 0 Å². The third-order valence-electron chi connectivity index (χ3n) is 0.978. The van der Waals surface area contributed by atoms with Crippen molar-refractivity contribution in [1.82, 2.24) is 0 Å². The van der Waals surface area contributed by atoms with E-state index in [2.05, 4.69) is 0 Å². The zero-order chi connectivity index (χ0) is 10.5. The third kappa shape index (κ3) is 8.92. The lowest BCUT2D eigenvalue weighted by Gasteiger charge is -2.17. The molecule has 0 aromatic rings. The molecule has 0 aliphatic heterocycles. The highest BCUT2D eigenvalue weighted by Gasteiger charge is 2.08. The maximum Gasteiger partial charge on any atom is 0.334 e. The molecule has 0 unspecified atom stereocenters. The van der Waals surface area contributed by atoms with Gasteiger partial charge in [-0.1, -0.05) is 0 Å². The van der Waals surface area contributed by atoms with Gasteiger partial charge in [0.15, 0.2) is 0 Å². The quantitative estimate of drug-likeness (QED) is 0.385. The molecular weight excluding hydrogens is 168 g/mol. The summed E-state index contributed by atoms with van der Waals surface area (Å²) in [5.41, 5.74) is -0.269. The molecule has 3 nitrogen and oxygen atoms in total. The number of rotatable bonds is 3. The molecule has 0 saturated carbocycles. The molecule has 0 fully saturated rings. The van der Waals surface area contributed by atoms with Gasteiger partial charge in [-0.05, 0) is 34.6 Å². The molecule has 0 aliphatic carbocycles. The van der Waals surface area contributed by atoms with Crippen LogP contribution < -0.4 is 0 Å². The van der Waals surface area contributed by atoms with Gasteiger partial charge < -0.3 is 9.47 Å². The van der Waals surface area contributed by atoms with Gasteiger partial charge in [-0.15, -0.1) is 0 Å². The summed E-state index contributed by atoms with van der Waals surface area (Å²) in [6.07, 6.45) is 2.56. The van der Waals surface area contributed by atoms with Gasteiger partial charge in [-0.3, -0.25) is 0 Å². The van der Waals surface area contributed by atoms with Crippen LogP contribution in [0, 0.1) is 0 Å².